The molecule has 0 aromatic rings. The van der Waals surface area contributed by atoms with Crippen molar-refractivity contribution < 1.29 is 4.79 Å². The quantitative estimate of drug-likeness (QED) is 0.741. The number of hydrogen-bond acceptors (Lipinski definition) is 2. The maximum absolute atomic E-state index is 12.1. The molecule has 0 aromatic heterocycles. The van der Waals surface area contributed by atoms with Gasteiger partial charge >= 0.3 is 0 Å². The first-order chi connectivity index (χ1) is 8.65. The molecule has 0 aliphatic carbocycles. The lowest BCUT2D eigenvalue weighted by Gasteiger charge is -2.21. The average Bonchev–Trinajstić information content (AvgIpc) is 2.60. The summed E-state index contributed by atoms with van der Waals surface area (Å²) in [5.74, 6) is 1.92. The molecule has 1 unspecified atom stereocenters. The molecule has 0 radical (unpaired) electrons. The third kappa shape index (κ3) is 5.38. The monoisotopic (exact) mass is 254 g/mol. The van der Waals surface area contributed by atoms with Crippen LogP contribution < -0.4 is 5.73 Å². The van der Waals surface area contributed by atoms with Gasteiger partial charge in [0.15, 0.2) is 0 Å². The van der Waals surface area contributed by atoms with Crippen LogP contribution in [0.2, 0.25) is 0 Å². The SMILES string of the molecule is CC(C)C1CCCN(C(=O)CCCCCN)CC1. The van der Waals surface area contributed by atoms with Crippen molar-refractivity contribution in [2.24, 2.45) is 17.6 Å². The summed E-state index contributed by atoms with van der Waals surface area (Å²) in [5.41, 5.74) is 5.46. The average molecular weight is 254 g/mol. The van der Waals surface area contributed by atoms with E-state index in [4.69, 9.17) is 5.73 Å². The second-order valence-corrected chi connectivity index (χ2v) is 5.92. The Morgan fingerprint density at radius 2 is 2.00 bits per heavy atom. The fourth-order valence-corrected chi connectivity index (χ4v) is 2.79. The molecule has 1 atom stereocenters. The van der Waals surface area contributed by atoms with Gasteiger partial charge in [0.25, 0.3) is 0 Å². The van der Waals surface area contributed by atoms with Crippen LogP contribution in [0, 0.1) is 11.8 Å². The maximum Gasteiger partial charge on any atom is 0.222 e. The molecule has 1 heterocycles. The van der Waals surface area contributed by atoms with Crippen LogP contribution in [0.4, 0.5) is 0 Å². The molecule has 0 saturated carbocycles. The summed E-state index contributed by atoms with van der Waals surface area (Å²) < 4.78 is 0. The third-order valence-corrected chi connectivity index (χ3v) is 4.16. The molecule has 0 aromatic carbocycles. The summed E-state index contributed by atoms with van der Waals surface area (Å²) in [6, 6.07) is 0. The van der Waals surface area contributed by atoms with E-state index in [2.05, 4.69) is 18.7 Å². The van der Waals surface area contributed by atoms with Crippen molar-refractivity contribution in [2.75, 3.05) is 19.6 Å². The Morgan fingerprint density at radius 1 is 1.22 bits per heavy atom. The van der Waals surface area contributed by atoms with Gasteiger partial charge in [0.1, 0.15) is 0 Å². The summed E-state index contributed by atoms with van der Waals surface area (Å²) in [4.78, 5) is 14.2. The normalized spacial score (nSPS) is 21.1. The predicted octanol–water partition coefficient (Wildman–Crippen LogP) is 2.79. The van der Waals surface area contributed by atoms with E-state index < -0.39 is 0 Å². The fraction of sp³-hybridized carbons (Fsp3) is 0.933. The van der Waals surface area contributed by atoms with E-state index in [9.17, 15) is 4.79 Å². The maximum atomic E-state index is 12.1. The molecule has 106 valence electrons. The number of nitrogens with two attached hydrogens (primary N) is 1. The minimum atomic E-state index is 0.358. The van der Waals surface area contributed by atoms with Gasteiger partial charge in [0.2, 0.25) is 5.91 Å². The molecular weight excluding hydrogens is 224 g/mol. The van der Waals surface area contributed by atoms with Crippen LogP contribution in [0.15, 0.2) is 0 Å². The van der Waals surface area contributed by atoms with Crippen LogP contribution in [0.5, 0.6) is 0 Å². The number of nitrogens with zero attached hydrogens (tertiary/aromatic N) is 1. The van der Waals surface area contributed by atoms with Crippen LogP contribution in [-0.4, -0.2) is 30.4 Å². The number of likely N-dealkylation sites (tertiary alicyclic amines) is 1. The molecule has 18 heavy (non-hydrogen) atoms. The van der Waals surface area contributed by atoms with Crippen molar-refractivity contribution in [2.45, 2.75) is 58.8 Å². The van der Waals surface area contributed by atoms with Crippen molar-refractivity contribution in [1.29, 1.82) is 0 Å². The third-order valence-electron chi connectivity index (χ3n) is 4.16. The smallest absolute Gasteiger partial charge is 0.222 e. The van der Waals surface area contributed by atoms with Gasteiger partial charge in [-0.25, -0.2) is 0 Å². The highest BCUT2D eigenvalue weighted by Crippen LogP contribution is 2.24. The lowest BCUT2D eigenvalue weighted by atomic mass is 9.89. The molecular formula is C15H30N2O. The van der Waals surface area contributed by atoms with E-state index in [1.165, 1.54) is 19.3 Å². The summed E-state index contributed by atoms with van der Waals surface area (Å²) >= 11 is 0. The standard InChI is InChI=1S/C15H30N2O/c1-13(2)14-7-6-11-17(12-9-14)15(18)8-4-3-5-10-16/h13-14H,3-12,16H2,1-2H3. The minimum absolute atomic E-state index is 0.358. The summed E-state index contributed by atoms with van der Waals surface area (Å²) in [7, 11) is 0. The first-order valence-electron chi connectivity index (χ1n) is 7.63. The number of unbranched alkanes of at least 4 members (excludes halogenated alkanes) is 2. The molecule has 1 aliphatic heterocycles. The van der Waals surface area contributed by atoms with Gasteiger partial charge in [-0.15, -0.1) is 0 Å². The molecule has 3 nitrogen and oxygen atoms in total. The lowest BCUT2D eigenvalue weighted by molar-refractivity contribution is -0.131. The second kappa shape index (κ2) is 8.52. The molecule has 1 amide bonds. The van der Waals surface area contributed by atoms with Gasteiger partial charge in [0, 0.05) is 19.5 Å². The minimum Gasteiger partial charge on any atom is -0.343 e. The topological polar surface area (TPSA) is 46.3 Å². The van der Waals surface area contributed by atoms with Gasteiger partial charge in [-0.05, 0) is 50.5 Å². The summed E-state index contributed by atoms with van der Waals surface area (Å²) in [6.07, 6.45) is 7.50. The second-order valence-electron chi connectivity index (χ2n) is 5.92. The summed E-state index contributed by atoms with van der Waals surface area (Å²) in [5, 5.41) is 0. The van der Waals surface area contributed by atoms with E-state index >= 15 is 0 Å². The molecule has 0 spiro atoms. The zero-order valence-corrected chi connectivity index (χ0v) is 12.2. The number of amides is 1. The van der Waals surface area contributed by atoms with Crippen molar-refractivity contribution in [1.82, 2.24) is 4.90 Å². The summed E-state index contributed by atoms with van der Waals surface area (Å²) in [6.45, 7) is 7.29. The highest BCUT2D eigenvalue weighted by molar-refractivity contribution is 5.76. The Hall–Kier alpha value is -0.570. The van der Waals surface area contributed by atoms with Gasteiger partial charge in [0.05, 0.1) is 0 Å². The largest absolute Gasteiger partial charge is 0.343 e. The Kier molecular flexibility index (Phi) is 7.33. The molecule has 1 aliphatic rings. The first-order valence-corrected chi connectivity index (χ1v) is 7.63. The molecule has 2 N–H and O–H groups in total. The molecule has 1 rings (SSSR count). The highest BCUT2D eigenvalue weighted by Gasteiger charge is 2.21. The molecule has 3 heteroatoms. The Bertz CT molecular complexity index is 241. The Labute approximate surface area is 112 Å². The number of carbonyl (C=O) groups is 1. The van der Waals surface area contributed by atoms with E-state index in [1.54, 1.807) is 0 Å². The number of carbonyl (C=O) groups excluding carboxylic acids is 1. The van der Waals surface area contributed by atoms with E-state index in [0.29, 0.717) is 12.3 Å². The molecule has 1 fully saturated rings. The van der Waals surface area contributed by atoms with Gasteiger partial charge in [-0.2, -0.15) is 0 Å². The lowest BCUT2D eigenvalue weighted by Crippen LogP contribution is -2.31. The van der Waals surface area contributed by atoms with Crippen LogP contribution in [0.25, 0.3) is 0 Å². The van der Waals surface area contributed by atoms with Crippen molar-refractivity contribution in [3.05, 3.63) is 0 Å². The zero-order valence-electron chi connectivity index (χ0n) is 12.2. The van der Waals surface area contributed by atoms with Crippen LogP contribution in [-0.2, 0) is 4.79 Å². The van der Waals surface area contributed by atoms with E-state index in [-0.39, 0.29) is 0 Å². The van der Waals surface area contributed by atoms with Gasteiger partial charge in [-0.1, -0.05) is 20.3 Å². The predicted molar refractivity (Wildman–Crippen MR) is 76.3 cm³/mol. The Balaban J connectivity index is 2.27. The molecule has 1 saturated heterocycles. The highest BCUT2D eigenvalue weighted by atomic mass is 16.2. The van der Waals surface area contributed by atoms with Crippen molar-refractivity contribution in [3.63, 3.8) is 0 Å². The van der Waals surface area contributed by atoms with Crippen LogP contribution in [0.1, 0.15) is 58.8 Å². The van der Waals surface area contributed by atoms with Crippen LogP contribution in [0.3, 0.4) is 0 Å². The van der Waals surface area contributed by atoms with Crippen LogP contribution >= 0.6 is 0 Å². The number of hydrogen-bond donors (Lipinski definition) is 1. The van der Waals surface area contributed by atoms with Gasteiger partial charge in [-0.3, -0.25) is 4.79 Å². The van der Waals surface area contributed by atoms with E-state index in [1.807, 2.05) is 0 Å². The molecule has 0 bridgehead atoms. The van der Waals surface area contributed by atoms with Crippen molar-refractivity contribution in [3.8, 4) is 0 Å². The van der Waals surface area contributed by atoms with Crippen molar-refractivity contribution >= 4 is 5.91 Å². The fourth-order valence-electron chi connectivity index (χ4n) is 2.79. The zero-order chi connectivity index (χ0) is 13.4. The Morgan fingerprint density at radius 3 is 2.67 bits per heavy atom. The van der Waals surface area contributed by atoms with E-state index in [0.717, 1.165) is 50.7 Å². The van der Waals surface area contributed by atoms with Gasteiger partial charge < -0.3 is 10.6 Å². The number of rotatable bonds is 6. The first kappa shape index (κ1) is 15.5.